The zero-order valence-corrected chi connectivity index (χ0v) is 10.3. The lowest BCUT2D eigenvalue weighted by molar-refractivity contribution is 0.0793. The summed E-state index contributed by atoms with van der Waals surface area (Å²) in [6, 6.07) is 7.82. The van der Waals surface area contributed by atoms with Gasteiger partial charge in [-0.15, -0.1) is 0 Å². The Kier molecular flexibility index (Phi) is 4.35. The standard InChI is InChI=1S/C13H16ClF2N/c14-11-4-1-9(2-5-11)8-17-12-6-3-10(7-12)13(15)16/h1-2,4-5,10,12-13,17H,3,6-8H2/t10-,12+/m0/s1. The second-order valence-corrected chi connectivity index (χ2v) is 5.05. The normalized spacial score (nSPS) is 24.5. The summed E-state index contributed by atoms with van der Waals surface area (Å²) in [5.74, 6) is -0.419. The maximum absolute atomic E-state index is 12.5. The molecule has 4 heteroatoms. The van der Waals surface area contributed by atoms with Crippen LogP contribution in [0.4, 0.5) is 8.78 Å². The number of alkyl halides is 2. The van der Waals surface area contributed by atoms with Crippen molar-refractivity contribution in [3.05, 3.63) is 34.9 Å². The first-order chi connectivity index (χ1) is 8.15. The Morgan fingerprint density at radius 3 is 2.53 bits per heavy atom. The third-order valence-electron chi connectivity index (χ3n) is 3.34. The van der Waals surface area contributed by atoms with Crippen LogP contribution in [0.25, 0.3) is 0 Å². The molecule has 1 saturated carbocycles. The molecule has 1 aromatic rings. The van der Waals surface area contributed by atoms with Crippen LogP contribution in [0, 0.1) is 5.92 Å². The predicted octanol–water partition coefficient (Wildman–Crippen LogP) is 3.86. The molecule has 1 aliphatic rings. The summed E-state index contributed by atoms with van der Waals surface area (Å²) in [6.07, 6.45) is -0.0959. The van der Waals surface area contributed by atoms with Crippen LogP contribution in [-0.2, 0) is 6.54 Å². The first-order valence-corrected chi connectivity index (χ1v) is 6.29. The van der Waals surface area contributed by atoms with Gasteiger partial charge in [0.15, 0.2) is 0 Å². The average Bonchev–Trinajstić information content (AvgIpc) is 2.77. The Balaban J connectivity index is 1.78. The van der Waals surface area contributed by atoms with Crippen molar-refractivity contribution in [2.24, 2.45) is 5.92 Å². The van der Waals surface area contributed by atoms with E-state index in [-0.39, 0.29) is 6.04 Å². The third-order valence-corrected chi connectivity index (χ3v) is 3.59. The largest absolute Gasteiger partial charge is 0.310 e. The molecule has 0 aliphatic heterocycles. The van der Waals surface area contributed by atoms with E-state index in [0.29, 0.717) is 17.9 Å². The predicted molar refractivity (Wildman–Crippen MR) is 65.4 cm³/mol. The summed E-state index contributed by atoms with van der Waals surface area (Å²) in [7, 11) is 0. The Labute approximate surface area is 105 Å². The van der Waals surface area contributed by atoms with Crippen LogP contribution < -0.4 is 5.32 Å². The van der Waals surface area contributed by atoms with Crippen LogP contribution in [0.5, 0.6) is 0 Å². The van der Waals surface area contributed by atoms with Crippen LogP contribution in [-0.4, -0.2) is 12.5 Å². The van der Waals surface area contributed by atoms with Gasteiger partial charge in [0.25, 0.3) is 0 Å². The van der Waals surface area contributed by atoms with E-state index >= 15 is 0 Å². The first-order valence-electron chi connectivity index (χ1n) is 5.91. The summed E-state index contributed by atoms with van der Waals surface area (Å²) < 4.78 is 25.0. The quantitative estimate of drug-likeness (QED) is 0.866. The minimum Gasteiger partial charge on any atom is -0.310 e. The lowest BCUT2D eigenvalue weighted by Crippen LogP contribution is -2.26. The SMILES string of the molecule is FC(F)[C@H]1CC[C@@H](NCc2ccc(Cl)cc2)C1. The van der Waals surface area contributed by atoms with E-state index in [9.17, 15) is 8.78 Å². The van der Waals surface area contributed by atoms with Crippen molar-refractivity contribution in [1.82, 2.24) is 5.32 Å². The van der Waals surface area contributed by atoms with E-state index in [1.807, 2.05) is 24.3 Å². The van der Waals surface area contributed by atoms with Crippen molar-refractivity contribution in [1.29, 1.82) is 0 Å². The van der Waals surface area contributed by atoms with Crippen molar-refractivity contribution in [3.63, 3.8) is 0 Å². The second-order valence-electron chi connectivity index (χ2n) is 4.61. The maximum Gasteiger partial charge on any atom is 0.241 e. The molecule has 0 heterocycles. The number of halogens is 3. The van der Waals surface area contributed by atoms with Gasteiger partial charge in [-0.3, -0.25) is 0 Å². The fraction of sp³-hybridized carbons (Fsp3) is 0.538. The Morgan fingerprint density at radius 2 is 1.94 bits per heavy atom. The monoisotopic (exact) mass is 259 g/mol. The van der Waals surface area contributed by atoms with Crippen molar-refractivity contribution in [2.75, 3.05) is 0 Å². The van der Waals surface area contributed by atoms with E-state index in [1.165, 1.54) is 0 Å². The zero-order chi connectivity index (χ0) is 12.3. The number of benzene rings is 1. The van der Waals surface area contributed by atoms with Gasteiger partial charge in [-0.2, -0.15) is 0 Å². The van der Waals surface area contributed by atoms with Gasteiger partial charge in [0.2, 0.25) is 6.43 Å². The van der Waals surface area contributed by atoms with Gasteiger partial charge in [0, 0.05) is 23.5 Å². The molecule has 17 heavy (non-hydrogen) atoms. The highest BCUT2D eigenvalue weighted by Crippen LogP contribution is 2.30. The summed E-state index contributed by atoms with van der Waals surface area (Å²) in [5, 5.41) is 4.04. The Bertz CT molecular complexity index is 353. The summed E-state index contributed by atoms with van der Waals surface area (Å²) >= 11 is 5.79. The first kappa shape index (κ1) is 12.8. The highest BCUT2D eigenvalue weighted by atomic mass is 35.5. The summed E-state index contributed by atoms with van der Waals surface area (Å²) in [4.78, 5) is 0. The molecule has 2 atom stereocenters. The van der Waals surface area contributed by atoms with Crippen molar-refractivity contribution >= 4 is 11.6 Å². The smallest absolute Gasteiger partial charge is 0.241 e. The molecule has 94 valence electrons. The molecule has 1 N–H and O–H groups in total. The molecule has 0 spiro atoms. The van der Waals surface area contributed by atoms with E-state index in [2.05, 4.69) is 5.32 Å². The number of rotatable bonds is 4. The fourth-order valence-corrected chi connectivity index (χ4v) is 2.42. The number of hydrogen-bond donors (Lipinski definition) is 1. The van der Waals surface area contributed by atoms with Crippen molar-refractivity contribution < 1.29 is 8.78 Å². The molecule has 2 rings (SSSR count). The molecule has 1 aliphatic carbocycles. The second kappa shape index (κ2) is 5.78. The van der Waals surface area contributed by atoms with Crippen LogP contribution in [0.3, 0.4) is 0 Å². The summed E-state index contributed by atoms with van der Waals surface area (Å²) in [5.41, 5.74) is 1.13. The van der Waals surface area contributed by atoms with Gasteiger partial charge in [-0.05, 0) is 37.0 Å². The molecule has 0 unspecified atom stereocenters. The van der Waals surface area contributed by atoms with Gasteiger partial charge in [0.1, 0.15) is 0 Å². The third kappa shape index (κ3) is 3.65. The minimum atomic E-state index is -2.17. The molecule has 0 bridgehead atoms. The molecule has 0 saturated heterocycles. The van der Waals surface area contributed by atoms with Gasteiger partial charge in [0.05, 0.1) is 0 Å². The van der Waals surface area contributed by atoms with Crippen LogP contribution >= 0.6 is 11.6 Å². The molecule has 1 aromatic carbocycles. The Hall–Kier alpha value is -0.670. The molecule has 0 aromatic heterocycles. The molecule has 0 amide bonds. The van der Waals surface area contributed by atoms with Crippen LogP contribution in [0.15, 0.2) is 24.3 Å². The topological polar surface area (TPSA) is 12.0 Å². The van der Waals surface area contributed by atoms with Crippen molar-refractivity contribution in [2.45, 2.75) is 38.3 Å². The molecule has 0 radical (unpaired) electrons. The fourth-order valence-electron chi connectivity index (χ4n) is 2.30. The summed E-state index contributed by atoms with van der Waals surface area (Å²) in [6.45, 7) is 0.720. The van der Waals surface area contributed by atoms with Gasteiger partial charge >= 0.3 is 0 Å². The highest BCUT2D eigenvalue weighted by Gasteiger charge is 2.30. The number of hydrogen-bond acceptors (Lipinski definition) is 1. The van der Waals surface area contributed by atoms with Crippen molar-refractivity contribution in [3.8, 4) is 0 Å². The van der Waals surface area contributed by atoms with Crippen LogP contribution in [0.2, 0.25) is 5.02 Å². The average molecular weight is 260 g/mol. The van der Waals surface area contributed by atoms with E-state index in [1.54, 1.807) is 0 Å². The highest BCUT2D eigenvalue weighted by molar-refractivity contribution is 6.30. The molecular formula is C13H16ClF2N. The van der Waals surface area contributed by atoms with Gasteiger partial charge in [-0.1, -0.05) is 23.7 Å². The molecule has 1 fully saturated rings. The zero-order valence-electron chi connectivity index (χ0n) is 9.50. The lowest BCUT2D eigenvalue weighted by Gasteiger charge is -2.13. The van der Waals surface area contributed by atoms with Crippen LogP contribution in [0.1, 0.15) is 24.8 Å². The minimum absolute atomic E-state index is 0.227. The van der Waals surface area contributed by atoms with Gasteiger partial charge < -0.3 is 5.32 Å². The van der Waals surface area contributed by atoms with E-state index in [4.69, 9.17) is 11.6 Å². The molecular weight excluding hydrogens is 244 g/mol. The number of nitrogens with one attached hydrogen (secondary N) is 1. The van der Waals surface area contributed by atoms with E-state index in [0.717, 1.165) is 18.5 Å². The lowest BCUT2D eigenvalue weighted by atomic mass is 10.1. The molecule has 1 nitrogen and oxygen atoms in total. The van der Waals surface area contributed by atoms with Gasteiger partial charge in [-0.25, -0.2) is 8.78 Å². The maximum atomic E-state index is 12.5. The Morgan fingerprint density at radius 1 is 1.24 bits per heavy atom. The van der Waals surface area contributed by atoms with E-state index < -0.39 is 12.3 Å².